The van der Waals surface area contributed by atoms with Crippen LogP contribution in [0.4, 0.5) is 5.69 Å². The second-order valence-electron chi connectivity index (χ2n) is 3.85. The van der Waals surface area contributed by atoms with Gasteiger partial charge in [0.2, 0.25) is 0 Å². The molecule has 86 valence electrons. The van der Waals surface area contributed by atoms with E-state index in [1.807, 2.05) is 31.4 Å². The highest BCUT2D eigenvalue weighted by Gasteiger charge is 2.10. The van der Waals surface area contributed by atoms with Gasteiger partial charge in [0, 0.05) is 17.7 Å². The van der Waals surface area contributed by atoms with Crippen LogP contribution in [0.5, 0.6) is 0 Å². The average Bonchev–Trinajstić information content (AvgIpc) is 2.83. The number of H-pyrrole nitrogens is 1. The SMILES string of the molecule is Cn1ccc(-c2nc3c(N)cc(Br)cc3[nH]2)n1. The van der Waals surface area contributed by atoms with Crippen molar-refractivity contribution >= 4 is 32.7 Å². The molecule has 17 heavy (non-hydrogen) atoms. The van der Waals surface area contributed by atoms with E-state index in [9.17, 15) is 0 Å². The highest BCUT2D eigenvalue weighted by molar-refractivity contribution is 9.10. The van der Waals surface area contributed by atoms with Gasteiger partial charge in [-0.1, -0.05) is 15.9 Å². The second kappa shape index (κ2) is 3.59. The molecule has 0 saturated carbocycles. The molecule has 0 aliphatic carbocycles. The largest absolute Gasteiger partial charge is 0.397 e. The molecule has 0 bridgehead atoms. The van der Waals surface area contributed by atoms with Gasteiger partial charge in [0.25, 0.3) is 0 Å². The molecule has 0 unspecified atom stereocenters. The number of nitrogens with zero attached hydrogens (tertiary/aromatic N) is 3. The lowest BCUT2D eigenvalue weighted by atomic mass is 10.3. The number of fused-ring (bicyclic) bond motifs is 1. The lowest BCUT2D eigenvalue weighted by molar-refractivity contribution is 0.769. The molecule has 2 heterocycles. The zero-order chi connectivity index (χ0) is 12.0. The molecule has 0 atom stereocenters. The van der Waals surface area contributed by atoms with Gasteiger partial charge < -0.3 is 10.7 Å². The summed E-state index contributed by atoms with van der Waals surface area (Å²) in [5, 5.41) is 4.30. The number of nitrogens with two attached hydrogens (primary N) is 1. The molecule has 3 N–H and O–H groups in total. The molecule has 3 rings (SSSR count). The van der Waals surface area contributed by atoms with Crippen LogP contribution in [0.15, 0.2) is 28.9 Å². The van der Waals surface area contributed by atoms with Gasteiger partial charge in [-0.2, -0.15) is 5.10 Å². The van der Waals surface area contributed by atoms with Crippen LogP contribution in [0.3, 0.4) is 0 Å². The number of aromatic nitrogens is 4. The summed E-state index contributed by atoms with van der Waals surface area (Å²) in [6, 6.07) is 5.69. The van der Waals surface area contributed by atoms with Gasteiger partial charge in [0.1, 0.15) is 11.2 Å². The zero-order valence-electron chi connectivity index (χ0n) is 9.11. The molecule has 0 radical (unpaired) electrons. The Kier molecular flexibility index (Phi) is 2.19. The Morgan fingerprint density at radius 2 is 2.24 bits per heavy atom. The third-order valence-electron chi connectivity index (χ3n) is 2.54. The van der Waals surface area contributed by atoms with Crippen LogP contribution < -0.4 is 5.73 Å². The molecule has 0 fully saturated rings. The van der Waals surface area contributed by atoms with E-state index >= 15 is 0 Å². The molecule has 0 amide bonds. The van der Waals surface area contributed by atoms with Gasteiger partial charge in [-0.05, 0) is 18.2 Å². The first-order chi connectivity index (χ1) is 8.13. The van der Waals surface area contributed by atoms with Gasteiger partial charge in [-0.15, -0.1) is 0 Å². The Hall–Kier alpha value is -1.82. The minimum absolute atomic E-state index is 0.646. The summed E-state index contributed by atoms with van der Waals surface area (Å²) in [6.45, 7) is 0. The van der Waals surface area contributed by atoms with Crippen LogP contribution in [-0.2, 0) is 7.05 Å². The monoisotopic (exact) mass is 291 g/mol. The Morgan fingerprint density at radius 3 is 2.94 bits per heavy atom. The van der Waals surface area contributed by atoms with Crippen LogP contribution in [-0.4, -0.2) is 19.7 Å². The topological polar surface area (TPSA) is 72.5 Å². The first-order valence-electron chi connectivity index (χ1n) is 5.08. The van der Waals surface area contributed by atoms with E-state index in [-0.39, 0.29) is 0 Å². The van der Waals surface area contributed by atoms with Crippen LogP contribution in [0.1, 0.15) is 0 Å². The molecule has 5 nitrogen and oxygen atoms in total. The van der Waals surface area contributed by atoms with Crippen molar-refractivity contribution < 1.29 is 0 Å². The van der Waals surface area contributed by atoms with Gasteiger partial charge in [0.05, 0.1) is 11.2 Å². The fourth-order valence-corrected chi connectivity index (χ4v) is 2.25. The van der Waals surface area contributed by atoms with Crippen molar-refractivity contribution in [2.24, 2.45) is 7.05 Å². The standard InChI is InChI=1S/C11H10BrN5/c1-17-3-2-8(16-17)11-14-9-5-6(12)4-7(13)10(9)15-11/h2-5H,13H2,1H3,(H,14,15). The number of nitrogen functional groups attached to an aromatic ring is 1. The smallest absolute Gasteiger partial charge is 0.159 e. The number of anilines is 1. The summed E-state index contributed by atoms with van der Waals surface area (Å²) < 4.78 is 2.67. The minimum atomic E-state index is 0.646. The third-order valence-corrected chi connectivity index (χ3v) is 2.99. The highest BCUT2D eigenvalue weighted by atomic mass is 79.9. The summed E-state index contributed by atoms with van der Waals surface area (Å²) in [6.07, 6.45) is 1.88. The Bertz CT molecular complexity index is 697. The number of imidazole rings is 1. The Balaban J connectivity index is 2.23. The Morgan fingerprint density at radius 1 is 1.41 bits per heavy atom. The lowest BCUT2D eigenvalue weighted by Crippen LogP contribution is -1.88. The van der Waals surface area contributed by atoms with Crippen LogP contribution in [0.2, 0.25) is 0 Å². The average molecular weight is 292 g/mol. The number of halogens is 1. The van der Waals surface area contributed by atoms with E-state index in [1.165, 1.54) is 0 Å². The van der Waals surface area contributed by atoms with Crippen LogP contribution in [0.25, 0.3) is 22.6 Å². The first kappa shape index (κ1) is 10.3. The quantitative estimate of drug-likeness (QED) is 0.676. The Labute approximate surface area is 106 Å². The van der Waals surface area contributed by atoms with Crippen LogP contribution in [0, 0.1) is 0 Å². The minimum Gasteiger partial charge on any atom is -0.397 e. The summed E-state index contributed by atoms with van der Waals surface area (Å²) in [5.74, 6) is 0.727. The zero-order valence-corrected chi connectivity index (χ0v) is 10.7. The maximum atomic E-state index is 5.92. The molecule has 0 aliphatic rings. The number of aromatic amines is 1. The molecule has 1 aromatic carbocycles. The molecule has 0 spiro atoms. The first-order valence-corrected chi connectivity index (χ1v) is 5.87. The van der Waals surface area contributed by atoms with E-state index in [1.54, 1.807) is 4.68 Å². The van der Waals surface area contributed by atoms with Crippen molar-refractivity contribution in [3.05, 3.63) is 28.9 Å². The van der Waals surface area contributed by atoms with Crippen molar-refractivity contribution in [1.82, 2.24) is 19.7 Å². The van der Waals surface area contributed by atoms with Gasteiger partial charge in [-0.3, -0.25) is 4.68 Å². The second-order valence-corrected chi connectivity index (χ2v) is 4.77. The van der Waals surface area contributed by atoms with E-state index < -0.39 is 0 Å². The molecule has 3 aromatic rings. The summed E-state index contributed by atoms with van der Waals surface area (Å²) in [5.41, 5.74) is 9.04. The van der Waals surface area contributed by atoms with Gasteiger partial charge in [-0.25, -0.2) is 4.98 Å². The van der Waals surface area contributed by atoms with E-state index in [4.69, 9.17) is 5.73 Å². The number of nitrogens with one attached hydrogen (secondary N) is 1. The molecule has 6 heteroatoms. The summed E-state index contributed by atoms with van der Waals surface area (Å²) in [4.78, 5) is 7.67. The van der Waals surface area contributed by atoms with E-state index in [0.29, 0.717) is 5.69 Å². The lowest BCUT2D eigenvalue weighted by Gasteiger charge is -1.94. The summed E-state index contributed by atoms with van der Waals surface area (Å²) >= 11 is 3.41. The van der Waals surface area contributed by atoms with Crippen molar-refractivity contribution in [3.63, 3.8) is 0 Å². The maximum absolute atomic E-state index is 5.92. The molecule has 0 saturated heterocycles. The number of aryl methyl sites for hydroxylation is 1. The normalized spacial score (nSPS) is 11.2. The predicted molar refractivity (Wildman–Crippen MR) is 70.4 cm³/mol. The van der Waals surface area contributed by atoms with Crippen LogP contribution >= 0.6 is 15.9 Å². The maximum Gasteiger partial charge on any atom is 0.159 e. The number of hydrogen-bond donors (Lipinski definition) is 2. The van der Waals surface area contributed by atoms with Crippen molar-refractivity contribution in [2.45, 2.75) is 0 Å². The highest BCUT2D eigenvalue weighted by Crippen LogP contribution is 2.26. The molecular formula is C11H10BrN5. The van der Waals surface area contributed by atoms with Crippen molar-refractivity contribution in [3.8, 4) is 11.5 Å². The number of hydrogen-bond acceptors (Lipinski definition) is 3. The van der Waals surface area contributed by atoms with Gasteiger partial charge >= 0.3 is 0 Å². The molecule has 2 aromatic heterocycles. The summed E-state index contributed by atoms with van der Waals surface area (Å²) in [7, 11) is 1.87. The molecule has 0 aliphatic heterocycles. The van der Waals surface area contributed by atoms with E-state index in [0.717, 1.165) is 27.0 Å². The van der Waals surface area contributed by atoms with Crippen molar-refractivity contribution in [2.75, 3.05) is 5.73 Å². The fourth-order valence-electron chi connectivity index (χ4n) is 1.77. The van der Waals surface area contributed by atoms with E-state index in [2.05, 4.69) is 31.0 Å². The third kappa shape index (κ3) is 1.70. The number of rotatable bonds is 1. The predicted octanol–water partition coefficient (Wildman–Crippen LogP) is 2.31. The van der Waals surface area contributed by atoms with Gasteiger partial charge in [0.15, 0.2) is 5.82 Å². The molecular weight excluding hydrogens is 282 g/mol. The number of benzene rings is 1. The van der Waals surface area contributed by atoms with Crippen molar-refractivity contribution in [1.29, 1.82) is 0 Å². The fraction of sp³-hybridized carbons (Fsp3) is 0.0909.